The molecule has 10 heteroatoms. The van der Waals surface area contributed by atoms with E-state index < -0.39 is 17.0 Å². The fourth-order valence-electron chi connectivity index (χ4n) is 3.34. The molecule has 0 aromatic heterocycles. The van der Waals surface area contributed by atoms with Gasteiger partial charge in [-0.2, -0.15) is 0 Å². The molecule has 3 aromatic carbocycles. The Hall–Kier alpha value is -2.88. The number of carbonyl (C=O) groups excluding carboxylic acids is 2. The van der Waals surface area contributed by atoms with Gasteiger partial charge in [-0.15, -0.1) is 0 Å². The van der Waals surface area contributed by atoms with Crippen molar-refractivity contribution in [1.29, 1.82) is 0 Å². The van der Waals surface area contributed by atoms with Crippen molar-refractivity contribution in [2.24, 2.45) is 0 Å². The molecule has 0 unspecified atom stereocenters. The summed E-state index contributed by atoms with van der Waals surface area (Å²) in [7, 11) is 1.46. The lowest BCUT2D eigenvalue weighted by Crippen LogP contribution is -2.27. The SMILES string of the molecule is COc1cc(/C=C2\SC(=O)N(Cc3ccc(F)cc3Cl)C2=O)cc(Br)c1OCc1ccccc1F. The third kappa shape index (κ3) is 5.69. The Morgan fingerprint density at radius 2 is 1.86 bits per heavy atom. The number of carbonyl (C=O) groups is 2. The van der Waals surface area contributed by atoms with Crippen molar-refractivity contribution in [3.63, 3.8) is 0 Å². The molecule has 3 aromatic rings. The Morgan fingerprint density at radius 3 is 2.57 bits per heavy atom. The summed E-state index contributed by atoms with van der Waals surface area (Å²) < 4.78 is 39.0. The first-order chi connectivity index (χ1) is 16.8. The maximum absolute atomic E-state index is 13.9. The molecule has 4 rings (SSSR count). The van der Waals surface area contributed by atoms with Gasteiger partial charge in [0.1, 0.15) is 18.2 Å². The summed E-state index contributed by atoms with van der Waals surface area (Å²) in [6.07, 6.45) is 1.56. The van der Waals surface area contributed by atoms with Gasteiger partial charge in [0.05, 0.1) is 23.0 Å². The van der Waals surface area contributed by atoms with Gasteiger partial charge in [-0.3, -0.25) is 14.5 Å². The zero-order valence-corrected chi connectivity index (χ0v) is 21.3. The van der Waals surface area contributed by atoms with Gasteiger partial charge >= 0.3 is 0 Å². The van der Waals surface area contributed by atoms with Crippen molar-refractivity contribution in [3.05, 3.63) is 97.3 Å². The molecule has 0 atom stereocenters. The third-order valence-corrected chi connectivity index (χ3v) is 6.94. The van der Waals surface area contributed by atoms with Gasteiger partial charge in [0.2, 0.25) is 0 Å². The molecule has 1 aliphatic heterocycles. The van der Waals surface area contributed by atoms with Crippen LogP contribution in [-0.2, 0) is 17.9 Å². The second-order valence-electron chi connectivity index (χ2n) is 7.42. The molecule has 0 radical (unpaired) electrons. The molecule has 1 fully saturated rings. The predicted molar refractivity (Wildman–Crippen MR) is 134 cm³/mol. The fraction of sp³-hybridized carbons (Fsp3) is 0.120. The summed E-state index contributed by atoms with van der Waals surface area (Å²) in [5.41, 5.74) is 1.43. The minimum absolute atomic E-state index is 0.00812. The van der Waals surface area contributed by atoms with Crippen LogP contribution in [0.4, 0.5) is 13.6 Å². The summed E-state index contributed by atoms with van der Waals surface area (Å²) in [4.78, 5) is 26.6. The molecule has 35 heavy (non-hydrogen) atoms. The molecule has 2 amide bonds. The highest BCUT2D eigenvalue weighted by Gasteiger charge is 2.35. The zero-order chi connectivity index (χ0) is 25.1. The maximum atomic E-state index is 13.9. The van der Waals surface area contributed by atoms with Gasteiger partial charge in [0.15, 0.2) is 11.5 Å². The van der Waals surface area contributed by atoms with Crippen LogP contribution in [0.25, 0.3) is 6.08 Å². The summed E-state index contributed by atoms with van der Waals surface area (Å²) in [6.45, 7) is -0.0806. The Labute approximate surface area is 217 Å². The number of amides is 2. The first-order valence-corrected chi connectivity index (χ1v) is 12.2. The van der Waals surface area contributed by atoms with Gasteiger partial charge < -0.3 is 9.47 Å². The lowest BCUT2D eigenvalue weighted by atomic mass is 10.1. The van der Waals surface area contributed by atoms with E-state index in [1.54, 1.807) is 36.4 Å². The van der Waals surface area contributed by atoms with Crippen LogP contribution in [0.5, 0.6) is 11.5 Å². The topological polar surface area (TPSA) is 55.8 Å². The minimum atomic E-state index is -0.506. The lowest BCUT2D eigenvalue weighted by molar-refractivity contribution is -0.123. The van der Waals surface area contributed by atoms with E-state index in [0.717, 1.165) is 22.7 Å². The Morgan fingerprint density at radius 1 is 1.09 bits per heavy atom. The zero-order valence-electron chi connectivity index (χ0n) is 18.2. The van der Waals surface area contributed by atoms with Crippen LogP contribution in [-0.4, -0.2) is 23.2 Å². The van der Waals surface area contributed by atoms with Gasteiger partial charge in [-0.05, 0) is 75.2 Å². The molecular weight excluding hydrogens is 564 g/mol. The number of imide groups is 1. The summed E-state index contributed by atoms with van der Waals surface area (Å²) in [6, 6.07) is 13.4. The van der Waals surface area contributed by atoms with E-state index in [9.17, 15) is 18.4 Å². The number of methoxy groups -OCH3 is 1. The smallest absolute Gasteiger partial charge is 0.293 e. The van der Waals surface area contributed by atoms with E-state index in [1.807, 2.05) is 0 Å². The normalized spacial score (nSPS) is 14.7. The number of benzene rings is 3. The van der Waals surface area contributed by atoms with Gasteiger partial charge in [-0.25, -0.2) is 8.78 Å². The quantitative estimate of drug-likeness (QED) is 0.277. The third-order valence-electron chi connectivity index (χ3n) is 5.10. The van der Waals surface area contributed by atoms with Crippen LogP contribution in [0, 0.1) is 11.6 Å². The Bertz CT molecular complexity index is 1350. The number of halogens is 4. The van der Waals surface area contributed by atoms with Crippen molar-refractivity contribution >= 4 is 56.5 Å². The average molecular weight is 581 g/mol. The Balaban J connectivity index is 1.54. The minimum Gasteiger partial charge on any atom is -0.493 e. The standard InChI is InChI=1S/C25H17BrClF2NO4S/c1-33-21-9-14(8-18(26)23(21)34-13-16-4-2-3-5-20(16)29)10-22-24(31)30(25(32)35-22)12-15-6-7-17(28)11-19(15)27/h2-11H,12-13H2,1H3/b22-10-. The Kier molecular flexibility index (Phi) is 7.78. The molecule has 0 saturated carbocycles. The van der Waals surface area contributed by atoms with E-state index >= 15 is 0 Å². The van der Waals surface area contributed by atoms with E-state index in [1.165, 1.54) is 25.3 Å². The molecule has 0 spiro atoms. The molecule has 5 nitrogen and oxygen atoms in total. The average Bonchev–Trinajstić information content (AvgIpc) is 3.08. The van der Waals surface area contributed by atoms with Gasteiger partial charge in [0.25, 0.3) is 11.1 Å². The number of ether oxygens (including phenoxy) is 2. The van der Waals surface area contributed by atoms with Crippen molar-refractivity contribution in [1.82, 2.24) is 4.90 Å². The lowest BCUT2D eigenvalue weighted by Gasteiger charge is -2.14. The number of thioether (sulfide) groups is 1. The summed E-state index contributed by atoms with van der Waals surface area (Å²) in [5.74, 6) is -0.646. The van der Waals surface area contributed by atoms with Crippen LogP contribution in [0.2, 0.25) is 5.02 Å². The van der Waals surface area contributed by atoms with E-state index in [0.29, 0.717) is 32.7 Å². The highest BCUT2D eigenvalue weighted by Crippen LogP contribution is 2.40. The molecular formula is C25H17BrClF2NO4S. The molecule has 1 saturated heterocycles. The second kappa shape index (κ2) is 10.8. The number of nitrogens with zero attached hydrogens (tertiary/aromatic N) is 1. The van der Waals surface area contributed by atoms with Crippen LogP contribution in [0.15, 0.2) is 64.0 Å². The maximum Gasteiger partial charge on any atom is 0.293 e. The highest BCUT2D eigenvalue weighted by atomic mass is 79.9. The van der Waals surface area contributed by atoms with Crippen molar-refractivity contribution in [2.75, 3.05) is 7.11 Å². The van der Waals surface area contributed by atoms with Crippen LogP contribution < -0.4 is 9.47 Å². The summed E-state index contributed by atoms with van der Waals surface area (Å²) in [5, 5.41) is -0.329. The molecule has 1 heterocycles. The molecule has 0 aliphatic carbocycles. The van der Waals surface area contributed by atoms with Crippen molar-refractivity contribution in [3.8, 4) is 11.5 Å². The predicted octanol–water partition coefficient (Wildman–Crippen LogP) is 7.20. The largest absolute Gasteiger partial charge is 0.493 e. The van der Waals surface area contributed by atoms with Gasteiger partial charge in [-0.1, -0.05) is 35.9 Å². The van der Waals surface area contributed by atoms with Crippen LogP contribution in [0.3, 0.4) is 0 Å². The van der Waals surface area contributed by atoms with E-state index in [-0.39, 0.29) is 28.9 Å². The molecule has 1 aliphatic rings. The summed E-state index contributed by atoms with van der Waals surface area (Å²) >= 11 is 10.3. The number of hydrogen-bond donors (Lipinski definition) is 0. The van der Waals surface area contributed by atoms with E-state index in [4.69, 9.17) is 21.1 Å². The first kappa shape index (κ1) is 25.2. The monoisotopic (exact) mass is 579 g/mol. The van der Waals surface area contributed by atoms with Crippen molar-refractivity contribution < 1.29 is 27.8 Å². The fourth-order valence-corrected chi connectivity index (χ4v) is 4.98. The van der Waals surface area contributed by atoms with E-state index in [2.05, 4.69) is 15.9 Å². The first-order valence-electron chi connectivity index (χ1n) is 10.2. The van der Waals surface area contributed by atoms with Crippen LogP contribution in [0.1, 0.15) is 16.7 Å². The van der Waals surface area contributed by atoms with Crippen LogP contribution >= 0.6 is 39.3 Å². The molecule has 180 valence electrons. The number of hydrogen-bond acceptors (Lipinski definition) is 5. The molecule has 0 N–H and O–H groups in total. The van der Waals surface area contributed by atoms with Crippen molar-refractivity contribution in [2.45, 2.75) is 13.2 Å². The molecule has 0 bridgehead atoms. The van der Waals surface area contributed by atoms with Gasteiger partial charge in [0, 0.05) is 10.6 Å². The second-order valence-corrected chi connectivity index (χ2v) is 9.67. The highest BCUT2D eigenvalue weighted by molar-refractivity contribution is 9.10. The number of rotatable bonds is 7.